The zero-order valence-electron chi connectivity index (χ0n) is 12.6. The molecule has 116 valence electrons. The van der Waals surface area contributed by atoms with Gasteiger partial charge in [-0.2, -0.15) is 5.26 Å². The van der Waals surface area contributed by atoms with Crippen molar-refractivity contribution in [3.05, 3.63) is 29.8 Å². The van der Waals surface area contributed by atoms with Crippen molar-refractivity contribution in [3.63, 3.8) is 0 Å². The van der Waals surface area contributed by atoms with Gasteiger partial charge in [-0.3, -0.25) is 9.59 Å². The Morgan fingerprint density at radius 1 is 1.14 bits per heavy atom. The van der Waals surface area contributed by atoms with Crippen LogP contribution in [0.5, 0.6) is 0 Å². The van der Waals surface area contributed by atoms with Crippen molar-refractivity contribution < 1.29 is 9.59 Å². The van der Waals surface area contributed by atoms with E-state index in [-0.39, 0.29) is 24.3 Å². The first-order valence-electron chi connectivity index (χ1n) is 7.77. The Morgan fingerprint density at radius 2 is 1.86 bits per heavy atom. The lowest BCUT2D eigenvalue weighted by Crippen LogP contribution is -2.36. The SMILES string of the molecule is N#Cc1cccc(NC(=O)CC(=O)NC2CCCCCC2)c1. The number of rotatable bonds is 4. The van der Waals surface area contributed by atoms with Crippen molar-refractivity contribution in [1.29, 1.82) is 5.26 Å². The molecule has 0 spiro atoms. The third-order valence-corrected chi connectivity index (χ3v) is 3.82. The van der Waals surface area contributed by atoms with Crippen molar-refractivity contribution in [3.8, 4) is 6.07 Å². The molecule has 1 fully saturated rings. The predicted molar refractivity (Wildman–Crippen MR) is 84.0 cm³/mol. The van der Waals surface area contributed by atoms with Gasteiger partial charge in [0.15, 0.2) is 0 Å². The second kappa shape index (κ2) is 8.18. The van der Waals surface area contributed by atoms with Gasteiger partial charge in [-0.05, 0) is 31.0 Å². The number of nitrogens with one attached hydrogen (secondary N) is 2. The number of nitrogens with zero attached hydrogens (tertiary/aromatic N) is 1. The van der Waals surface area contributed by atoms with Crippen molar-refractivity contribution in [2.24, 2.45) is 0 Å². The molecule has 0 unspecified atom stereocenters. The van der Waals surface area contributed by atoms with E-state index < -0.39 is 0 Å². The molecule has 2 amide bonds. The molecule has 1 aliphatic rings. The van der Waals surface area contributed by atoms with Crippen LogP contribution in [0.25, 0.3) is 0 Å². The van der Waals surface area contributed by atoms with Crippen LogP contribution in [-0.4, -0.2) is 17.9 Å². The topological polar surface area (TPSA) is 82.0 Å². The summed E-state index contributed by atoms with van der Waals surface area (Å²) in [5, 5.41) is 14.4. The van der Waals surface area contributed by atoms with Crippen molar-refractivity contribution in [2.75, 3.05) is 5.32 Å². The molecule has 1 aliphatic carbocycles. The monoisotopic (exact) mass is 299 g/mol. The highest BCUT2D eigenvalue weighted by Crippen LogP contribution is 2.17. The summed E-state index contributed by atoms with van der Waals surface area (Å²) in [6.07, 6.45) is 6.53. The average Bonchev–Trinajstić information content (AvgIpc) is 2.75. The fraction of sp³-hybridized carbons (Fsp3) is 0.471. The molecule has 0 heterocycles. The lowest BCUT2D eigenvalue weighted by molar-refractivity contribution is -0.127. The van der Waals surface area contributed by atoms with E-state index in [9.17, 15) is 9.59 Å². The normalized spacial score (nSPS) is 15.4. The van der Waals surface area contributed by atoms with E-state index in [0.717, 1.165) is 25.7 Å². The maximum atomic E-state index is 11.9. The van der Waals surface area contributed by atoms with E-state index >= 15 is 0 Å². The van der Waals surface area contributed by atoms with Gasteiger partial charge in [0.05, 0.1) is 11.6 Å². The molecule has 22 heavy (non-hydrogen) atoms. The van der Waals surface area contributed by atoms with Gasteiger partial charge >= 0.3 is 0 Å². The third-order valence-electron chi connectivity index (χ3n) is 3.82. The average molecular weight is 299 g/mol. The second-order valence-electron chi connectivity index (χ2n) is 5.67. The first-order valence-corrected chi connectivity index (χ1v) is 7.77. The van der Waals surface area contributed by atoms with Crippen LogP contribution in [-0.2, 0) is 9.59 Å². The highest BCUT2D eigenvalue weighted by atomic mass is 16.2. The molecule has 1 aromatic carbocycles. The van der Waals surface area contributed by atoms with E-state index in [0.29, 0.717) is 11.3 Å². The minimum Gasteiger partial charge on any atom is -0.353 e. The molecular weight excluding hydrogens is 278 g/mol. The number of carbonyl (C=O) groups excluding carboxylic acids is 2. The van der Waals surface area contributed by atoms with Gasteiger partial charge in [0.1, 0.15) is 6.42 Å². The number of nitriles is 1. The zero-order valence-corrected chi connectivity index (χ0v) is 12.6. The molecule has 0 atom stereocenters. The molecule has 5 nitrogen and oxygen atoms in total. The van der Waals surface area contributed by atoms with Crippen molar-refractivity contribution in [2.45, 2.75) is 51.0 Å². The third kappa shape index (κ3) is 5.21. The number of benzene rings is 1. The lowest BCUT2D eigenvalue weighted by Gasteiger charge is -2.16. The smallest absolute Gasteiger partial charge is 0.233 e. The second-order valence-corrected chi connectivity index (χ2v) is 5.67. The van der Waals surface area contributed by atoms with Crippen LogP contribution >= 0.6 is 0 Å². The fourth-order valence-corrected chi connectivity index (χ4v) is 2.72. The highest BCUT2D eigenvalue weighted by molar-refractivity contribution is 6.03. The Hall–Kier alpha value is -2.35. The molecule has 0 saturated heterocycles. The number of hydrogen-bond donors (Lipinski definition) is 2. The number of hydrogen-bond acceptors (Lipinski definition) is 3. The largest absolute Gasteiger partial charge is 0.353 e. The molecule has 0 aliphatic heterocycles. The Labute approximate surface area is 130 Å². The van der Waals surface area contributed by atoms with Crippen LogP contribution in [0.15, 0.2) is 24.3 Å². The quantitative estimate of drug-likeness (QED) is 0.662. The molecule has 0 aromatic heterocycles. The molecule has 2 rings (SSSR count). The zero-order chi connectivity index (χ0) is 15.8. The standard InChI is InChI=1S/C17H21N3O2/c18-12-13-6-5-9-15(10-13)20-17(22)11-16(21)19-14-7-3-1-2-4-8-14/h5-6,9-10,14H,1-4,7-8,11H2,(H,19,21)(H,20,22). The summed E-state index contributed by atoms with van der Waals surface area (Å²) in [4.78, 5) is 23.8. The van der Waals surface area contributed by atoms with Gasteiger partial charge in [-0.15, -0.1) is 0 Å². The Morgan fingerprint density at radius 3 is 2.55 bits per heavy atom. The van der Waals surface area contributed by atoms with Gasteiger partial charge in [-0.25, -0.2) is 0 Å². The Balaban J connectivity index is 1.80. The van der Waals surface area contributed by atoms with Crippen molar-refractivity contribution in [1.82, 2.24) is 5.32 Å². The van der Waals surface area contributed by atoms with Gasteiger partial charge in [0.2, 0.25) is 11.8 Å². The molecule has 1 aromatic rings. The molecular formula is C17H21N3O2. The summed E-state index contributed by atoms with van der Waals surface area (Å²) in [6.45, 7) is 0. The Bertz CT molecular complexity index is 570. The molecule has 1 saturated carbocycles. The molecule has 5 heteroatoms. The van der Waals surface area contributed by atoms with Crippen LogP contribution in [0.4, 0.5) is 5.69 Å². The van der Waals surface area contributed by atoms with E-state index in [1.165, 1.54) is 12.8 Å². The van der Waals surface area contributed by atoms with E-state index in [2.05, 4.69) is 10.6 Å². The van der Waals surface area contributed by atoms with Crippen LogP contribution in [0, 0.1) is 11.3 Å². The minimum atomic E-state index is -0.360. The number of carbonyl (C=O) groups is 2. The lowest BCUT2D eigenvalue weighted by atomic mass is 10.1. The minimum absolute atomic E-state index is 0.187. The summed E-state index contributed by atoms with van der Waals surface area (Å²) >= 11 is 0. The van der Waals surface area contributed by atoms with Crippen LogP contribution in [0.1, 0.15) is 50.5 Å². The first-order chi connectivity index (χ1) is 10.7. The van der Waals surface area contributed by atoms with Gasteiger partial charge < -0.3 is 10.6 Å². The maximum Gasteiger partial charge on any atom is 0.233 e. The highest BCUT2D eigenvalue weighted by Gasteiger charge is 2.16. The van der Waals surface area contributed by atoms with Gasteiger partial charge in [-0.1, -0.05) is 31.7 Å². The van der Waals surface area contributed by atoms with Gasteiger partial charge in [0.25, 0.3) is 0 Å². The van der Waals surface area contributed by atoms with E-state index in [1.807, 2.05) is 6.07 Å². The van der Waals surface area contributed by atoms with Crippen LogP contribution in [0.3, 0.4) is 0 Å². The number of anilines is 1. The van der Waals surface area contributed by atoms with Crippen molar-refractivity contribution >= 4 is 17.5 Å². The Kier molecular flexibility index (Phi) is 5.96. The summed E-state index contributed by atoms with van der Waals surface area (Å²) in [5.74, 6) is -0.595. The fourth-order valence-electron chi connectivity index (χ4n) is 2.72. The molecule has 2 N–H and O–H groups in total. The maximum absolute atomic E-state index is 11.9. The van der Waals surface area contributed by atoms with Crippen LogP contribution < -0.4 is 10.6 Å². The van der Waals surface area contributed by atoms with Crippen LogP contribution in [0.2, 0.25) is 0 Å². The number of amides is 2. The van der Waals surface area contributed by atoms with E-state index in [4.69, 9.17) is 5.26 Å². The molecule has 0 bridgehead atoms. The molecule has 0 radical (unpaired) electrons. The summed E-state index contributed by atoms with van der Waals surface area (Å²) in [6, 6.07) is 8.85. The summed E-state index contributed by atoms with van der Waals surface area (Å²) < 4.78 is 0. The summed E-state index contributed by atoms with van der Waals surface area (Å²) in [7, 11) is 0. The van der Waals surface area contributed by atoms with E-state index in [1.54, 1.807) is 24.3 Å². The summed E-state index contributed by atoms with van der Waals surface area (Å²) in [5.41, 5.74) is 1.01. The predicted octanol–water partition coefficient (Wildman–Crippen LogP) is 2.73. The first kappa shape index (κ1) is 16.0. The van der Waals surface area contributed by atoms with Gasteiger partial charge in [0, 0.05) is 11.7 Å².